The largest absolute Gasteiger partial charge is 0.478 e. The molecule has 4 heteroatoms. The van der Waals surface area contributed by atoms with Crippen LogP contribution in [-0.4, -0.2) is 20.6 Å². The molecule has 1 N–H and O–H groups in total. The topological polar surface area (TPSA) is 55.1 Å². The number of aromatic carboxylic acids is 1. The average molecular weight is 435 g/mol. The van der Waals surface area contributed by atoms with E-state index < -0.39 is 5.97 Å². The summed E-state index contributed by atoms with van der Waals surface area (Å²) < 4.78 is 2.33. The maximum Gasteiger partial charge on any atom is 0.336 e. The van der Waals surface area contributed by atoms with Crippen molar-refractivity contribution in [3.05, 3.63) is 102 Å². The summed E-state index contributed by atoms with van der Waals surface area (Å²) >= 11 is 0. The lowest BCUT2D eigenvalue weighted by Crippen LogP contribution is -2.05. The fraction of sp³-hybridized carbons (Fsp3) is 0.172. The van der Waals surface area contributed by atoms with Crippen LogP contribution >= 0.6 is 0 Å². The number of fused-ring (bicyclic) bond motifs is 2. The maximum absolute atomic E-state index is 11.6. The van der Waals surface area contributed by atoms with E-state index in [0.717, 1.165) is 59.4 Å². The number of carboxylic acids is 1. The molecule has 164 valence electrons. The molecular weight excluding hydrogens is 408 g/mol. The first kappa shape index (κ1) is 21.0. The van der Waals surface area contributed by atoms with Crippen LogP contribution in [0.25, 0.3) is 32.9 Å². The van der Waals surface area contributed by atoms with Gasteiger partial charge < -0.3 is 9.67 Å². The van der Waals surface area contributed by atoms with Crippen LogP contribution in [0.5, 0.6) is 0 Å². The Labute approximate surface area is 193 Å². The van der Waals surface area contributed by atoms with E-state index in [2.05, 4.69) is 60.0 Å². The molecule has 0 saturated heterocycles. The van der Waals surface area contributed by atoms with Crippen molar-refractivity contribution in [2.75, 3.05) is 0 Å². The van der Waals surface area contributed by atoms with Crippen LogP contribution in [0.15, 0.2) is 84.9 Å². The van der Waals surface area contributed by atoms with Gasteiger partial charge in [-0.2, -0.15) is 0 Å². The highest BCUT2D eigenvalue weighted by atomic mass is 16.4. The molecule has 0 unspecified atom stereocenters. The third-order valence-electron chi connectivity index (χ3n) is 6.21. The zero-order chi connectivity index (χ0) is 22.8. The quantitative estimate of drug-likeness (QED) is 0.302. The Morgan fingerprint density at radius 1 is 0.909 bits per heavy atom. The number of carboxylic acid groups (broad SMARTS) is 1. The Hall–Kier alpha value is -3.92. The average Bonchev–Trinajstić information content (AvgIpc) is 3.17. The normalized spacial score (nSPS) is 11.3. The standard InChI is InChI=1S/C29H26N2O2/c1-2-3-12-28-30-26-17-22-8-4-5-9-23(22)18-27(26)31(28)19-20-13-15-21(16-14-20)24-10-6-7-11-25(24)29(32)33/h4-11,13-18H,2-3,12,19H2,1H3,(H,32,33). The molecule has 0 aliphatic carbocycles. The molecule has 0 aliphatic rings. The predicted octanol–water partition coefficient (Wildman–Crippen LogP) is 6.95. The van der Waals surface area contributed by atoms with E-state index in [9.17, 15) is 9.90 Å². The molecule has 0 atom stereocenters. The van der Waals surface area contributed by atoms with Gasteiger partial charge in [0.1, 0.15) is 5.82 Å². The Kier molecular flexibility index (Phi) is 5.66. The van der Waals surface area contributed by atoms with Crippen molar-refractivity contribution in [1.29, 1.82) is 0 Å². The smallest absolute Gasteiger partial charge is 0.336 e. The van der Waals surface area contributed by atoms with Crippen molar-refractivity contribution in [2.45, 2.75) is 32.7 Å². The second-order valence-electron chi connectivity index (χ2n) is 8.45. The SMILES string of the molecule is CCCCc1nc2cc3ccccc3cc2n1Cc1ccc(-c2ccccc2C(=O)O)cc1. The van der Waals surface area contributed by atoms with Crippen molar-refractivity contribution in [1.82, 2.24) is 9.55 Å². The third kappa shape index (κ3) is 4.12. The number of hydrogen-bond donors (Lipinski definition) is 1. The number of hydrogen-bond acceptors (Lipinski definition) is 2. The molecule has 5 rings (SSSR count). The van der Waals surface area contributed by atoms with Crippen LogP contribution in [0.3, 0.4) is 0 Å². The molecule has 0 aliphatic heterocycles. The van der Waals surface area contributed by atoms with Crippen molar-refractivity contribution >= 4 is 27.8 Å². The lowest BCUT2D eigenvalue weighted by Gasteiger charge is -2.11. The van der Waals surface area contributed by atoms with Crippen LogP contribution < -0.4 is 0 Å². The Morgan fingerprint density at radius 2 is 1.61 bits per heavy atom. The van der Waals surface area contributed by atoms with Crippen LogP contribution in [0.1, 0.15) is 41.5 Å². The van der Waals surface area contributed by atoms with E-state index in [4.69, 9.17) is 4.98 Å². The number of benzene rings is 4. The molecule has 0 bridgehead atoms. The van der Waals surface area contributed by atoms with Gasteiger partial charge in [0.2, 0.25) is 0 Å². The summed E-state index contributed by atoms with van der Waals surface area (Å²) in [5.74, 6) is 0.204. The predicted molar refractivity (Wildman–Crippen MR) is 134 cm³/mol. The van der Waals surface area contributed by atoms with Gasteiger partial charge in [0, 0.05) is 13.0 Å². The number of rotatable bonds is 7. The van der Waals surface area contributed by atoms with Crippen molar-refractivity contribution < 1.29 is 9.90 Å². The van der Waals surface area contributed by atoms with Gasteiger partial charge >= 0.3 is 5.97 Å². The third-order valence-corrected chi connectivity index (χ3v) is 6.21. The second kappa shape index (κ2) is 8.91. The van der Waals surface area contributed by atoms with Gasteiger partial charge in [0.25, 0.3) is 0 Å². The minimum Gasteiger partial charge on any atom is -0.478 e. The highest BCUT2D eigenvalue weighted by molar-refractivity contribution is 5.96. The molecule has 0 amide bonds. The summed E-state index contributed by atoms with van der Waals surface area (Å²) in [6.07, 6.45) is 3.18. The highest BCUT2D eigenvalue weighted by Crippen LogP contribution is 2.27. The fourth-order valence-electron chi connectivity index (χ4n) is 4.46. The molecular formula is C29H26N2O2. The number of aromatic nitrogens is 2. The highest BCUT2D eigenvalue weighted by Gasteiger charge is 2.14. The number of carbonyl (C=O) groups is 1. The van der Waals surface area contributed by atoms with E-state index in [0.29, 0.717) is 5.56 Å². The zero-order valence-corrected chi connectivity index (χ0v) is 18.7. The van der Waals surface area contributed by atoms with Crippen molar-refractivity contribution in [2.24, 2.45) is 0 Å². The summed E-state index contributed by atoms with van der Waals surface area (Å²) in [6.45, 7) is 2.93. The fourth-order valence-corrected chi connectivity index (χ4v) is 4.46. The Morgan fingerprint density at radius 3 is 2.33 bits per heavy atom. The Balaban J connectivity index is 1.53. The summed E-state index contributed by atoms with van der Waals surface area (Å²) in [5.41, 5.74) is 5.31. The maximum atomic E-state index is 11.6. The van der Waals surface area contributed by atoms with Gasteiger partial charge in [0.15, 0.2) is 0 Å². The molecule has 1 aromatic heterocycles. The monoisotopic (exact) mass is 434 g/mol. The molecule has 0 radical (unpaired) electrons. The van der Waals surface area contributed by atoms with E-state index in [-0.39, 0.29) is 0 Å². The van der Waals surface area contributed by atoms with Gasteiger partial charge in [-0.25, -0.2) is 9.78 Å². The van der Waals surface area contributed by atoms with Gasteiger partial charge in [-0.1, -0.05) is 80.1 Å². The Bertz CT molecular complexity index is 1450. The molecule has 4 aromatic carbocycles. The number of unbranched alkanes of at least 4 members (excludes halogenated alkanes) is 1. The van der Waals surface area contributed by atoms with Crippen LogP contribution in [0.4, 0.5) is 0 Å². The molecule has 0 spiro atoms. The first-order valence-corrected chi connectivity index (χ1v) is 11.4. The minimum absolute atomic E-state index is 0.319. The van der Waals surface area contributed by atoms with Crippen LogP contribution in [0.2, 0.25) is 0 Å². The van der Waals surface area contributed by atoms with Crippen molar-refractivity contribution in [3.63, 3.8) is 0 Å². The van der Waals surface area contributed by atoms with E-state index in [1.807, 2.05) is 24.3 Å². The number of nitrogens with zero attached hydrogens (tertiary/aromatic N) is 2. The van der Waals surface area contributed by atoms with Crippen LogP contribution in [-0.2, 0) is 13.0 Å². The number of aryl methyl sites for hydroxylation is 1. The lowest BCUT2D eigenvalue weighted by molar-refractivity contribution is 0.0697. The summed E-state index contributed by atoms with van der Waals surface area (Å²) in [4.78, 5) is 16.6. The van der Waals surface area contributed by atoms with E-state index in [1.165, 1.54) is 10.8 Å². The summed E-state index contributed by atoms with van der Waals surface area (Å²) in [6, 6.07) is 28.2. The van der Waals surface area contributed by atoms with E-state index in [1.54, 1.807) is 12.1 Å². The van der Waals surface area contributed by atoms with E-state index >= 15 is 0 Å². The molecule has 0 saturated carbocycles. The lowest BCUT2D eigenvalue weighted by atomic mass is 9.98. The summed E-state index contributed by atoms with van der Waals surface area (Å²) in [5, 5.41) is 11.9. The van der Waals surface area contributed by atoms with Gasteiger partial charge in [-0.3, -0.25) is 0 Å². The van der Waals surface area contributed by atoms with Gasteiger partial charge in [-0.05, 0) is 52.1 Å². The van der Waals surface area contributed by atoms with Gasteiger partial charge in [0.05, 0.1) is 16.6 Å². The zero-order valence-electron chi connectivity index (χ0n) is 18.7. The van der Waals surface area contributed by atoms with Crippen molar-refractivity contribution in [3.8, 4) is 11.1 Å². The molecule has 0 fully saturated rings. The second-order valence-corrected chi connectivity index (χ2v) is 8.45. The molecule has 33 heavy (non-hydrogen) atoms. The van der Waals surface area contributed by atoms with Gasteiger partial charge in [-0.15, -0.1) is 0 Å². The minimum atomic E-state index is -0.910. The molecule has 4 nitrogen and oxygen atoms in total. The molecule has 1 heterocycles. The first-order chi connectivity index (χ1) is 16.1. The molecule has 5 aromatic rings. The van der Waals surface area contributed by atoms with Crippen LogP contribution in [0, 0.1) is 0 Å². The summed E-state index contributed by atoms with van der Waals surface area (Å²) in [7, 11) is 0. The first-order valence-electron chi connectivity index (χ1n) is 11.4. The number of imidazole rings is 1.